The first kappa shape index (κ1) is 106. The molecule has 0 rings (SSSR count). The molecule has 642 valence electrons. The van der Waals surface area contributed by atoms with Crippen LogP contribution in [-0.4, -0.2) is 96.7 Å². The Balaban J connectivity index is 5.25. The summed E-state index contributed by atoms with van der Waals surface area (Å²) >= 11 is 0. The SMILES string of the molecule is CCCCCCCCCCCCCCCCCCCC(=O)O[C@H](COC(=O)CCCCCCCCCCCC(C)C)COP(=O)(O)OC[C@H](O)COP(=O)(O)OC[C@@H](COC(=O)CCCCCCCCCCCCCCCCC(C)C)OC(=O)CCCCCCCCCCCCCCCCCCCCC(C)CC. The largest absolute Gasteiger partial charge is 0.472 e. The molecule has 108 heavy (non-hydrogen) atoms. The Kier molecular flexibility index (Phi) is 77.5. The Labute approximate surface area is 664 Å². The molecular formula is C89H174O17P2. The van der Waals surface area contributed by atoms with E-state index in [1.807, 2.05) is 0 Å². The lowest BCUT2D eigenvalue weighted by molar-refractivity contribution is -0.161. The Bertz CT molecular complexity index is 2080. The van der Waals surface area contributed by atoms with Gasteiger partial charge in [-0.05, 0) is 43.4 Å². The molecule has 0 aliphatic heterocycles. The molecule has 0 saturated heterocycles. The first-order chi connectivity index (χ1) is 52.3. The zero-order valence-corrected chi connectivity index (χ0v) is 73.1. The third kappa shape index (κ3) is 80.7. The number of carbonyl (C=O) groups is 4. The summed E-state index contributed by atoms with van der Waals surface area (Å²) in [6.45, 7) is 12.1. The number of aliphatic hydroxyl groups excluding tert-OH is 1. The molecule has 3 unspecified atom stereocenters. The van der Waals surface area contributed by atoms with Crippen LogP contribution < -0.4 is 0 Å². The van der Waals surface area contributed by atoms with Crippen LogP contribution in [0.25, 0.3) is 0 Å². The second kappa shape index (κ2) is 78.9. The van der Waals surface area contributed by atoms with E-state index < -0.39 is 97.5 Å². The van der Waals surface area contributed by atoms with Gasteiger partial charge in [-0.1, -0.05) is 421 Å². The quantitative estimate of drug-likeness (QED) is 0.0222. The molecule has 0 aliphatic rings. The van der Waals surface area contributed by atoms with E-state index in [1.54, 1.807) is 0 Å². The molecule has 3 N–H and O–H groups in total. The van der Waals surface area contributed by atoms with Crippen LogP contribution in [0.15, 0.2) is 0 Å². The molecule has 0 bridgehead atoms. The fourth-order valence-electron chi connectivity index (χ4n) is 13.9. The van der Waals surface area contributed by atoms with Gasteiger partial charge in [0.05, 0.1) is 26.4 Å². The first-order valence-corrected chi connectivity index (χ1v) is 48.9. The second-order valence-electron chi connectivity index (χ2n) is 33.2. The van der Waals surface area contributed by atoms with Crippen molar-refractivity contribution in [2.24, 2.45) is 17.8 Å². The highest BCUT2D eigenvalue weighted by atomic mass is 31.2. The normalized spacial score (nSPS) is 14.1. The van der Waals surface area contributed by atoms with Crippen molar-refractivity contribution < 1.29 is 80.2 Å². The standard InChI is InChI=1S/C89H174O17P2/c1-8-10-11-12-13-14-15-16-17-20-24-31-36-43-51-58-65-72-89(94)106-85(77-100-87(92)71-64-57-50-45-38-40-47-54-61-68-81(5)6)79-104-108(97,98)102-75-83(90)74-101-107(95,96)103-78-84(76-99-86(91)70-63-56-49-42-35-30-27-26-28-33-39-46-53-60-67-80(3)4)105-88(93)73-66-59-52-44-37-32-25-22-19-18-21-23-29-34-41-48-55-62-69-82(7)9-2/h80-85,90H,8-79H2,1-7H3,(H,95,96)(H,97,98)/t82?,83-,84-,85-/m1/s1. The van der Waals surface area contributed by atoms with Gasteiger partial charge in [-0.15, -0.1) is 0 Å². The van der Waals surface area contributed by atoms with Crippen molar-refractivity contribution in [3.63, 3.8) is 0 Å². The number of hydrogen-bond acceptors (Lipinski definition) is 15. The molecule has 0 fully saturated rings. The lowest BCUT2D eigenvalue weighted by Gasteiger charge is -2.21. The van der Waals surface area contributed by atoms with Gasteiger partial charge in [-0.3, -0.25) is 37.3 Å². The summed E-state index contributed by atoms with van der Waals surface area (Å²) in [6, 6.07) is 0. The highest BCUT2D eigenvalue weighted by molar-refractivity contribution is 7.47. The van der Waals surface area contributed by atoms with Crippen LogP contribution in [-0.2, 0) is 65.4 Å². The van der Waals surface area contributed by atoms with Gasteiger partial charge in [0.2, 0.25) is 0 Å². The van der Waals surface area contributed by atoms with Crippen molar-refractivity contribution in [3.05, 3.63) is 0 Å². The fraction of sp³-hybridized carbons (Fsp3) is 0.955. The Morgan fingerprint density at radius 2 is 0.472 bits per heavy atom. The van der Waals surface area contributed by atoms with E-state index in [4.69, 9.17) is 37.0 Å². The van der Waals surface area contributed by atoms with Gasteiger partial charge in [0, 0.05) is 25.7 Å². The van der Waals surface area contributed by atoms with Crippen molar-refractivity contribution in [2.45, 2.75) is 491 Å². The van der Waals surface area contributed by atoms with Crippen molar-refractivity contribution in [1.82, 2.24) is 0 Å². The molecule has 0 saturated carbocycles. The molecule has 0 aromatic rings. The lowest BCUT2D eigenvalue weighted by atomic mass is 9.99. The summed E-state index contributed by atoms with van der Waals surface area (Å²) in [6.07, 6.45) is 70.8. The van der Waals surface area contributed by atoms with Crippen LogP contribution in [0.1, 0.15) is 472 Å². The molecule has 0 radical (unpaired) electrons. The van der Waals surface area contributed by atoms with Crippen LogP contribution in [0.4, 0.5) is 0 Å². The molecule has 0 spiro atoms. The maximum atomic E-state index is 13.2. The number of phosphoric acid groups is 2. The van der Waals surface area contributed by atoms with E-state index in [-0.39, 0.29) is 25.7 Å². The Morgan fingerprint density at radius 1 is 0.269 bits per heavy atom. The van der Waals surface area contributed by atoms with E-state index in [2.05, 4.69) is 48.5 Å². The summed E-state index contributed by atoms with van der Waals surface area (Å²) in [5.41, 5.74) is 0. The maximum Gasteiger partial charge on any atom is 0.472 e. The molecular weight excluding hydrogens is 1400 g/mol. The number of unbranched alkanes of at least 4 members (excludes halogenated alkanes) is 54. The summed E-state index contributed by atoms with van der Waals surface area (Å²) in [5, 5.41) is 10.7. The highest BCUT2D eigenvalue weighted by Crippen LogP contribution is 2.45. The molecule has 17 nitrogen and oxygen atoms in total. The summed E-state index contributed by atoms with van der Waals surface area (Å²) in [7, 11) is -9.93. The molecule has 19 heteroatoms. The van der Waals surface area contributed by atoms with E-state index in [9.17, 15) is 43.2 Å². The first-order valence-electron chi connectivity index (χ1n) is 45.9. The van der Waals surface area contributed by atoms with E-state index in [0.717, 1.165) is 108 Å². The molecule has 0 amide bonds. The van der Waals surface area contributed by atoms with Crippen molar-refractivity contribution in [2.75, 3.05) is 39.6 Å². The number of hydrogen-bond donors (Lipinski definition) is 3. The van der Waals surface area contributed by atoms with Crippen molar-refractivity contribution in [3.8, 4) is 0 Å². The van der Waals surface area contributed by atoms with Crippen LogP contribution >= 0.6 is 15.6 Å². The number of phosphoric ester groups is 2. The minimum absolute atomic E-state index is 0.108. The van der Waals surface area contributed by atoms with E-state index >= 15 is 0 Å². The topological polar surface area (TPSA) is 237 Å². The molecule has 0 aliphatic carbocycles. The summed E-state index contributed by atoms with van der Waals surface area (Å²) in [4.78, 5) is 73.4. The van der Waals surface area contributed by atoms with Gasteiger partial charge in [0.15, 0.2) is 12.2 Å². The molecule has 0 heterocycles. The zero-order valence-electron chi connectivity index (χ0n) is 71.3. The summed E-state index contributed by atoms with van der Waals surface area (Å²) in [5.74, 6) is 0.314. The molecule has 0 aromatic heterocycles. The average molecular weight is 1580 g/mol. The minimum atomic E-state index is -4.97. The van der Waals surface area contributed by atoms with Gasteiger partial charge in [0.1, 0.15) is 19.3 Å². The van der Waals surface area contributed by atoms with Gasteiger partial charge in [-0.25, -0.2) is 9.13 Å². The third-order valence-corrected chi connectivity index (χ3v) is 23.1. The predicted molar refractivity (Wildman–Crippen MR) is 446 cm³/mol. The Hall–Kier alpha value is -1.94. The smallest absolute Gasteiger partial charge is 0.462 e. The number of aliphatic hydroxyl groups is 1. The predicted octanol–water partition coefficient (Wildman–Crippen LogP) is 27.3. The molecule has 6 atom stereocenters. The van der Waals surface area contributed by atoms with Crippen molar-refractivity contribution in [1.29, 1.82) is 0 Å². The van der Waals surface area contributed by atoms with Gasteiger partial charge >= 0.3 is 39.5 Å². The third-order valence-electron chi connectivity index (χ3n) is 21.2. The average Bonchev–Trinajstić information content (AvgIpc) is 0.899. The zero-order chi connectivity index (χ0) is 79.3. The molecule has 0 aromatic carbocycles. The highest BCUT2D eigenvalue weighted by Gasteiger charge is 2.31. The van der Waals surface area contributed by atoms with Crippen LogP contribution in [0.5, 0.6) is 0 Å². The second-order valence-corrected chi connectivity index (χ2v) is 36.1. The number of ether oxygens (including phenoxy) is 4. The van der Waals surface area contributed by atoms with E-state index in [0.29, 0.717) is 25.7 Å². The fourth-order valence-corrected chi connectivity index (χ4v) is 15.4. The van der Waals surface area contributed by atoms with Gasteiger partial charge in [0.25, 0.3) is 0 Å². The van der Waals surface area contributed by atoms with Crippen LogP contribution in [0, 0.1) is 17.8 Å². The number of rotatable bonds is 87. The minimum Gasteiger partial charge on any atom is -0.462 e. The van der Waals surface area contributed by atoms with E-state index in [1.165, 1.54) is 283 Å². The monoisotopic (exact) mass is 1580 g/mol. The summed E-state index contributed by atoms with van der Waals surface area (Å²) < 4.78 is 69.0. The van der Waals surface area contributed by atoms with Gasteiger partial charge in [-0.2, -0.15) is 0 Å². The van der Waals surface area contributed by atoms with Crippen LogP contribution in [0.2, 0.25) is 0 Å². The van der Waals surface area contributed by atoms with Gasteiger partial charge < -0.3 is 33.8 Å². The lowest BCUT2D eigenvalue weighted by Crippen LogP contribution is -2.30. The van der Waals surface area contributed by atoms with Crippen molar-refractivity contribution >= 4 is 39.5 Å². The Morgan fingerprint density at radius 3 is 0.704 bits per heavy atom. The number of esters is 4. The maximum absolute atomic E-state index is 13.2. The van der Waals surface area contributed by atoms with Crippen LogP contribution in [0.3, 0.4) is 0 Å². The number of carbonyl (C=O) groups excluding carboxylic acids is 4.